The van der Waals surface area contributed by atoms with Crippen LogP contribution in [-0.4, -0.2) is 10.1 Å². The van der Waals surface area contributed by atoms with Gasteiger partial charge in [0.05, 0.1) is 11.3 Å². The molecule has 0 bridgehead atoms. The summed E-state index contributed by atoms with van der Waals surface area (Å²) in [6.45, 7) is 0. The number of hydrogen-bond donors (Lipinski definition) is 1. The topological polar surface area (TPSA) is 33.1 Å². The molecule has 0 saturated carbocycles. The molecule has 1 unspecified atom stereocenters. The third-order valence-electron chi connectivity index (χ3n) is 2.52. The van der Waals surface area contributed by atoms with Crippen molar-refractivity contribution in [3.8, 4) is 0 Å². The summed E-state index contributed by atoms with van der Waals surface area (Å²) in [6.07, 6.45) is -4.27. The zero-order valence-corrected chi connectivity index (χ0v) is 11.9. The van der Waals surface area contributed by atoms with E-state index in [9.17, 15) is 18.3 Å². The van der Waals surface area contributed by atoms with Crippen LogP contribution in [0, 0.1) is 0 Å². The second kappa shape index (κ2) is 5.60. The highest BCUT2D eigenvalue weighted by Crippen LogP contribution is 2.30. The first kappa shape index (κ1) is 14.5. The van der Waals surface area contributed by atoms with Crippen LogP contribution in [0.25, 0.3) is 0 Å². The monoisotopic (exact) mass is 351 g/mol. The van der Waals surface area contributed by atoms with Crippen LogP contribution in [0.5, 0.6) is 0 Å². The minimum atomic E-state index is -4.41. The lowest BCUT2D eigenvalue weighted by Gasteiger charge is -2.11. The Morgan fingerprint density at radius 2 is 2.05 bits per heavy atom. The molecular weight excluding hydrogens is 343 g/mol. The van der Waals surface area contributed by atoms with Crippen LogP contribution in [-0.2, 0) is 12.6 Å². The number of thiophene rings is 1. The van der Waals surface area contributed by atoms with E-state index < -0.39 is 17.8 Å². The molecule has 2 aromatic heterocycles. The Hall–Kier alpha value is -0.920. The van der Waals surface area contributed by atoms with Crippen LogP contribution >= 0.6 is 27.3 Å². The minimum Gasteiger partial charge on any atom is -0.386 e. The van der Waals surface area contributed by atoms with Crippen molar-refractivity contribution >= 4 is 27.3 Å². The van der Waals surface area contributed by atoms with Crippen LogP contribution in [0.3, 0.4) is 0 Å². The number of nitrogens with zero attached hydrogens (tertiary/aromatic N) is 1. The number of rotatable bonds is 3. The molecule has 19 heavy (non-hydrogen) atoms. The van der Waals surface area contributed by atoms with Gasteiger partial charge in [0, 0.05) is 22.0 Å². The molecule has 2 heterocycles. The fraction of sp³-hybridized carbons (Fsp3) is 0.250. The molecule has 7 heteroatoms. The second-order valence-electron chi connectivity index (χ2n) is 3.88. The molecule has 0 fully saturated rings. The number of halogens is 4. The number of aliphatic hydroxyl groups is 1. The Kier molecular flexibility index (Phi) is 4.27. The highest BCUT2D eigenvalue weighted by Gasteiger charge is 2.30. The normalized spacial score (nSPS) is 13.5. The number of hydrogen-bond acceptors (Lipinski definition) is 3. The molecule has 0 aromatic carbocycles. The van der Waals surface area contributed by atoms with E-state index in [4.69, 9.17) is 0 Å². The smallest absolute Gasteiger partial charge is 0.386 e. The summed E-state index contributed by atoms with van der Waals surface area (Å²) in [5.41, 5.74) is -0.589. The average Bonchev–Trinajstić information content (AvgIpc) is 2.74. The van der Waals surface area contributed by atoms with Gasteiger partial charge in [0.1, 0.15) is 6.10 Å². The van der Waals surface area contributed by atoms with Crippen molar-refractivity contribution in [2.75, 3.05) is 0 Å². The summed E-state index contributed by atoms with van der Waals surface area (Å²) < 4.78 is 38.0. The average molecular weight is 352 g/mol. The van der Waals surface area contributed by atoms with Gasteiger partial charge in [-0.05, 0) is 39.5 Å². The molecule has 0 amide bonds. The number of alkyl halides is 3. The second-order valence-corrected chi connectivity index (χ2v) is 5.74. The Balaban J connectivity index is 2.12. The molecule has 2 aromatic rings. The van der Waals surface area contributed by atoms with Crippen molar-refractivity contribution in [1.82, 2.24) is 4.98 Å². The summed E-state index contributed by atoms with van der Waals surface area (Å²) in [5, 5.41) is 11.8. The van der Waals surface area contributed by atoms with Crippen molar-refractivity contribution in [2.24, 2.45) is 0 Å². The van der Waals surface area contributed by atoms with Crippen molar-refractivity contribution in [2.45, 2.75) is 18.7 Å². The fourth-order valence-electron chi connectivity index (χ4n) is 1.52. The van der Waals surface area contributed by atoms with Gasteiger partial charge in [0.25, 0.3) is 0 Å². The Labute approximate surface area is 120 Å². The summed E-state index contributed by atoms with van der Waals surface area (Å²) in [7, 11) is 0. The van der Waals surface area contributed by atoms with Gasteiger partial charge >= 0.3 is 6.18 Å². The largest absolute Gasteiger partial charge is 0.417 e. The van der Waals surface area contributed by atoms with E-state index in [-0.39, 0.29) is 5.69 Å². The van der Waals surface area contributed by atoms with Gasteiger partial charge in [0.15, 0.2) is 0 Å². The van der Waals surface area contributed by atoms with Crippen LogP contribution in [0.1, 0.15) is 22.2 Å². The molecule has 0 aliphatic carbocycles. The fourth-order valence-corrected chi connectivity index (χ4v) is 3.07. The molecule has 1 atom stereocenters. The van der Waals surface area contributed by atoms with E-state index in [1.54, 1.807) is 0 Å². The maximum absolute atomic E-state index is 12.4. The number of aliphatic hydroxyl groups excluding tert-OH is 1. The molecule has 102 valence electrons. The molecule has 0 spiro atoms. The molecule has 0 aliphatic heterocycles. The molecule has 0 saturated heterocycles. The lowest BCUT2D eigenvalue weighted by atomic mass is 10.1. The van der Waals surface area contributed by atoms with Gasteiger partial charge < -0.3 is 5.11 Å². The summed E-state index contributed by atoms with van der Waals surface area (Å²) in [6, 6.07) is 3.98. The number of pyridine rings is 1. The molecule has 2 nitrogen and oxygen atoms in total. The van der Waals surface area contributed by atoms with E-state index in [0.717, 1.165) is 21.6 Å². The Morgan fingerprint density at radius 3 is 2.53 bits per heavy atom. The third-order valence-corrected chi connectivity index (χ3v) is 4.47. The van der Waals surface area contributed by atoms with Crippen molar-refractivity contribution < 1.29 is 18.3 Å². The van der Waals surface area contributed by atoms with E-state index in [0.29, 0.717) is 6.42 Å². The lowest BCUT2D eigenvalue weighted by Crippen LogP contribution is -2.08. The predicted octanol–water partition coefficient (Wildman–Crippen LogP) is 4.20. The van der Waals surface area contributed by atoms with Gasteiger partial charge in [0.2, 0.25) is 0 Å². The standard InChI is InChI=1S/C12H9BrF3NOS/c13-8-3-4-19-11(8)5-10(18)9-2-1-7(6-17-9)12(14,15)16/h1-4,6,10,18H,5H2. The van der Waals surface area contributed by atoms with E-state index in [1.807, 2.05) is 11.4 Å². The summed E-state index contributed by atoms with van der Waals surface area (Å²) in [5.74, 6) is 0. The van der Waals surface area contributed by atoms with Crippen LogP contribution in [0.15, 0.2) is 34.2 Å². The van der Waals surface area contributed by atoms with Crippen LogP contribution in [0.4, 0.5) is 13.2 Å². The van der Waals surface area contributed by atoms with Crippen LogP contribution < -0.4 is 0 Å². The van der Waals surface area contributed by atoms with Gasteiger partial charge in [-0.15, -0.1) is 11.3 Å². The summed E-state index contributed by atoms with van der Waals surface area (Å²) in [4.78, 5) is 4.60. The van der Waals surface area contributed by atoms with E-state index in [2.05, 4.69) is 20.9 Å². The quantitative estimate of drug-likeness (QED) is 0.898. The molecule has 0 aliphatic rings. The molecule has 0 radical (unpaired) electrons. The molecular formula is C12H9BrF3NOS. The predicted molar refractivity (Wildman–Crippen MR) is 69.9 cm³/mol. The molecule has 2 rings (SSSR count). The van der Waals surface area contributed by atoms with Gasteiger partial charge in [-0.3, -0.25) is 4.98 Å². The third kappa shape index (κ3) is 3.55. The maximum atomic E-state index is 12.4. The van der Waals surface area contributed by atoms with Gasteiger partial charge in [-0.25, -0.2) is 0 Å². The first-order chi connectivity index (χ1) is 8.88. The van der Waals surface area contributed by atoms with Crippen molar-refractivity contribution in [3.05, 3.63) is 50.4 Å². The SMILES string of the molecule is OC(Cc1sccc1Br)c1ccc(C(F)(F)F)cn1. The van der Waals surface area contributed by atoms with Crippen LogP contribution in [0.2, 0.25) is 0 Å². The highest BCUT2D eigenvalue weighted by molar-refractivity contribution is 9.10. The zero-order valence-electron chi connectivity index (χ0n) is 9.49. The van der Waals surface area contributed by atoms with E-state index >= 15 is 0 Å². The molecule has 1 N–H and O–H groups in total. The van der Waals surface area contributed by atoms with Gasteiger partial charge in [-0.1, -0.05) is 0 Å². The number of aromatic nitrogens is 1. The highest BCUT2D eigenvalue weighted by atomic mass is 79.9. The van der Waals surface area contributed by atoms with Crippen molar-refractivity contribution in [1.29, 1.82) is 0 Å². The maximum Gasteiger partial charge on any atom is 0.417 e. The Morgan fingerprint density at radius 1 is 1.32 bits per heavy atom. The first-order valence-electron chi connectivity index (χ1n) is 5.31. The lowest BCUT2D eigenvalue weighted by molar-refractivity contribution is -0.137. The first-order valence-corrected chi connectivity index (χ1v) is 6.98. The zero-order chi connectivity index (χ0) is 14.0. The summed E-state index contributed by atoms with van der Waals surface area (Å²) >= 11 is 4.80. The minimum absolute atomic E-state index is 0.230. The van der Waals surface area contributed by atoms with E-state index in [1.165, 1.54) is 17.4 Å². The van der Waals surface area contributed by atoms with Gasteiger partial charge in [-0.2, -0.15) is 13.2 Å². The Bertz CT molecular complexity index is 553. The van der Waals surface area contributed by atoms with Crippen molar-refractivity contribution in [3.63, 3.8) is 0 Å².